The second-order valence-electron chi connectivity index (χ2n) is 7.95. The first-order valence-corrected chi connectivity index (χ1v) is 10.4. The maximum absolute atomic E-state index is 13.0. The maximum atomic E-state index is 13.0. The number of H-pyrrole nitrogens is 1. The van der Waals surface area contributed by atoms with E-state index in [1.807, 2.05) is 12.1 Å². The first-order valence-electron chi connectivity index (χ1n) is 10.4. The van der Waals surface area contributed by atoms with E-state index >= 15 is 0 Å². The highest BCUT2D eigenvalue weighted by Gasteiger charge is 2.22. The molecule has 0 radical (unpaired) electrons. The number of fused-ring (bicyclic) bond motifs is 1. The van der Waals surface area contributed by atoms with Crippen LogP contribution < -0.4 is 19.5 Å². The Hall–Kier alpha value is -3.19. The van der Waals surface area contributed by atoms with Crippen LogP contribution in [0.4, 0.5) is 5.69 Å². The zero-order valence-electron chi connectivity index (χ0n) is 18.5. The molecular weight excluding hydrogens is 394 g/mol. The van der Waals surface area contributed by atoms with Gasteiger partial charge in [-0.15, -0.1) is 0 Å². The molecule has 0 atom stereocenters. The monoisotopic (exact) mass is 423 g/mol. The molecule has 1 aliphatic rings. The quantitative estimate of drug-likeness (QED) is 0.620. The van der Waals surface area contributed by atoms with E-state index < -0.39 is 0 Å². The average molecular weight is 424 g/mol. The minimum Gasteiger partial charge on any atom is -0.493 e. The second-order valence-corrected chi connectivity index (χ2v) is 7.95. The topological polar surface area (TPSA) is 75.8 Å². The number of hydrogen-bond acceptors (Lipinski definition) is 5. The van der Waals surface area contributed by atoms with Gasteiger partial charge >= 0.3 is 0 Å². The summed E-state index contributed by atoms with van der Waals surface area (Å²) in [5.41, 5.74) is 3.59. The van der Waals surface area contributed by atoms with Gasteiger partial charge in [-0.25, -0.2) is 0 Å². The van der Waals surface area contributed by atoms with E-state index in [1.54, 1.807) is 12.1 Å². The largest absolute Gasteiger partial charge is 0.493 e. The molecule has 0 saturated carbocycles. The Bertz CT molecular complexity index is 1060. The molecule has 4 rings (SSSR count). The van der Waals surface area contributed by atoms with Gasteiger partial charge in [0.2, 0.25) is 5.75 Å². The van der Waals surface area contributed by atoms with Crippen LogP contribution in [-0.4, -0.2) is 57.3 Å². The summed E-state index contributed by atoms with van der Waals surface area (Å²) >= 11 is 0. The lowest BCUT2D eigenvalue weighted by Gasteiger charge is -2.28. The predicted octanol–water partition coefficient (Wildman–Crippen LogP) is 4.26. The molecule has 0 bridgehead atoms. The number of nitrogens with zero attached hydrogens (tertiary/aromatic N) is 1. The Labute approximate surface area is 182 Å². The average Bonchev–Trinajstić information content (AvgIpc) is 3.21. The molecule has 1 aliphatic heterocycles. The second kappa shape index (κ2) is 8.89. The van der Waals surface area contributed by atoms with E-state index in [0.717, 1.165) is 42.5 Å². The molecule has 0 unspecified atom stereocenters. The van der Waals surface area contributed by atoms with Crippen LogP contribution in [0.15, 0.2) is 36.5 Å². The van der Waals surface area contributed by atoms with Crippen LogP contribution in [0.25, 0.3) is 10.9 Å². The number of nitrogens with one attached hydrogen (secondary N) is 2. The van der Waals surface area contributed by atoms with Gasteiger partial charge in [-0.2, -0.15) is 0 Å². The van der Waals surface area contributed by atoms with Gasteiger partial charge in [0, 0.05) is 28.4 Å². The van der Waals surface area contributed by atoms with Crippen LogP contribution in [0.5, 0.6) is 17.2 Å². The number of hydrogen-bond donors (Lipinski definition) is 2. The number of likely N-dealkylation sites (tertiary alicyclic amines) is 1. The van der Waals surface area contributed by atoms with Crippen molar-refractivity contribution in [3.05, 3.63) is 47.7 Å². The molecule has 1 amide bonds. The van der Waals surface area contributed by atoms with Crippen LogP contribution in [0, 0.1) is 0 Å². The summed E-state index contributed by atoms with van der Waals surface area (Å²) in [6.07, 6.45) is 4.41. The summed E-state index contributed by atoms with van der Waals surface area (Å²) in [5.74, 6) is 1.63. The van der Waals surface area contributed by atoms with Crippen molar-refractivity contribution in [1.29, 1.82) is 0 Å². The smallest absolute Gasteiger partial charge is 0.255 e. The number of carbonyl (C=O) groups is 1. The molecule has 2 N–H and O–H groups in total. The van der Waals surface area contributed by atoms with E-state index in [1.165, 1.54) is 26.9 Å². The number of rotatable bonds is 6. The van der Waals surface area contributed by atoms with Gasteiger partial charge in [0.1, 0.15) is 0 Å². The minimum atomic E-state index is -0.241. The summed E-state index contributed by atoms with van der Waals surface area (Å²) in [5, 5.41) is 4.17. The molecule has 2 aromatic carbocycles. The Morgan fingerprint density at radius 3 is 2.32 bits per heavy atom. The van der Waals surface area contributed by atoms with E-state index in [4.69, 9.17) is 14.2 Å². The molecule has 31 heavy (non-hydrogen) atoms. The number of aromatic amines is 1. The van der Waals surface area contributed by atoms with Gasteiger partial charge < -0.3 is 29.4 Å². The molecule has 7 heteroatoms. The number of methoxy groups -OCH3 is 3. The lowest BCUT2D eigenvalue weighted by atomic mass is 9.89. The molecule has 0 spiro atoms. The summed E-state index contributed by atoms with van der Waals surface area (Å²) in [4.78, 5) is 18.7. The fraction of sp³-hybridized carbons (Fsp3) is 0.375. The van der Waals surface area contributed by atoms with Crippen LogP contribution in [0.1, 0.15) is 34.7 Å². The van der Waals surface area contributed by atoms with Crippen molar-refractivity contribution in [2.75, 3.05) is 46.8 Å². The van der Waals surface area contributed by atoms with Gasteiger partial charge in [-0.3, -0.25) is 4.79 Å². The van der Waals surface area contributed by atoms with Crippen LogP contribution in [0.3, 0.4) is 0 Å². The number of anilines is 1. The lowest BCUT2D eigenvalue weighted by Crippen LogP contribution is -2.29. The number of aromatic nitrogens is 1. The van der Waals surface area contributed by atoms with Gasteiger partial charge in [-0.1, -0.05) is 0 Å². The third kappa shape index (κ3) is 4.18. The van der Waals surface area contributed by atoms with Gasteiger partial charge in [0.25, 0.3) is 5.91 Å². The van der Waals surface area contributed by atoms with Crippen LogP contribution in [-0.2, 0) is 0 Å². The van der Waals surface area contributed by atoms with Gasteiger partial charge in [-0.05, 0) is 74.8 Å². The van der Waals surface area contributed by atoms with Crippen molar-refractivity contribution in [3.8, 4) is 17.2 Å². The van der Waals surface area contributed by atoms with Crippen molar-refractivity contribution in [3.63, 3.8) is 0 Å². The first-order chi connectivity index (χ1) is 15.0. The van der Waals surface area contributed by atoms with Crippen LogP contribution in [0.2, 0.25) is 0 Å². The molecule has 7 nitrogen and oxygen atoms in total. The molecular formula is C24H29N3O4. The zero-order valence-corrected chi connectivity index (χ0v) is 18.5. The maximum Gasteiger partial charge on any atom is 0.255 e. The summed E-state index contributed by atoms with van der Waals surface area (Å²) in [6.45, 7) is 2.21. The lowest BCUT2D eigenvalue weighted by molar-refractivity contribution is 0.102. The molecule has 0 aliphatic carbocycles. The SMILES string of the molecule is COc1cc(C(=O)Nc2ccc3[nH]cc(C4CCN(C)CC4)c3c2)cc(OC)c1OC. The fourth-order valence-corrected chi connectivity index (χ4v) is 4.29. The highest BCUT2D eigenvalue weighted by atomic mass is 16.5. The van der Waals surface area contributed by atoms with E-state index in [0.29, 0.717) is 28.7 Å². The summed E-state index contributed by atoms with van der Waals surface area (Å²) in [6, 6.07) is 9.27. The van der Waals surface area contributed by atoms with Gasteiger partial charge in [0.05, 0.1) is 21.3 Å². The van der Waals surface area contributed by atoms with Crippen molar-refractivity contribution >= 4 is 22.5 Å². The zero-order chi connectivity index (χ0) is 22.0. The first kappa shape index (κ1) is 21.1. The van der Waals surface area contributed by atoms with E-state index in [9.17, 15) is 4.79 Å². The Kier molecular flexibility index (Phi) is 6.04. The summed E-state index contributed by atoms with van der Waals surface area (Å²) < 4.78 is 16.1. The number of ether oxygens (including phenoxy) is 3. The molecule has 1 fully saturated rings. The highest BCUT2D eigenvalue weighted by Crippen LogP contribution is 2.38. The standard InChI is InChI=1S/C24H29N3O4/c1-27-9-7-15(8-10-27)19-14-25-20-6-5-17(13-18(19)20)26-24(28)16-11-21(29-2)23(31-4)22(12-16)30-3/h5-6,11-15,25H,7-10H2,1-4H3,(H,26,28). The van der Waals surface area contributed by atoms with Crippen molar-refractivity contribution in [2.45, 2.75) is 18.8 Å². The minimum absolute atomic E-state index is 0.241. The number of piperidine rings is 1. The van der Waals surface area contributed by atoms with Gasteiger partial charge in [0.15, 0.2) is 11.5 Å². The Balaban J connectivity index is 1.60. The number of amides is 1. The molecule has 2 heterocycles. The van der Waals surface area contributed by atoms with E-state index in [2.05, 4.69) is 34.5 Å². The van der Waals surface area contributed by atoms with E-state index in [-0.39, 0.29) is 5.91 Å². The summed E-state index contributed by atoms with van der Waals surface area (Å²) in [7, 11) is 6.77. The number of carbonyl (C=O) groups excluding carboxylic acids is 1. The fourth-order valence-electron chi connectivity index (χ4n) is 4.29. The Morgan fingerprint density at radius 1 is 1.03 bits per heavy atom. The molecule has 3 aromatic rings. The van der Waals surface area contributed by atoms with Crippen LogP contribution >= 0.6 is 0 Å². The number of benzene rings is 2. The predicted molar refractivity (Wildman–Crippen MR) is 122 cm³/mol. The highest BCUT2D eigenvalue weighted by molar-refractivity contribution is 6.06. The normalized spacial score (nSPS) is 15.1. The molecule has 1 aromatic heterocycles. The third-order valence-corrected chi connectivity index (χ3v) is 6.06. The molecule has 164 valence electrons. The van der Waals surface area contributed by atoms with Crippen molar-refractivity contribution in [2.24, 2.45) is 0 Å². The Morgan fingerprint density at radius 2 is 1.71 bits per heavy atom. The third-order valence-electron chi connectivity index (χ3n) is 6.06. The van der Waals surface area contributed by atoms with Crippen molar-refractivity contribution in [1.82, 2.24) is 9.88 Å². The van der Waals surface area contributed by atoms with Crippen molar-refractivity contribution < 1.29 is 19.0 Å². The molecule has 1 saturated heterocycles.